The van der Waals surface area contributed by atoms with Crippen LogP contribution in [0.25, 0.3) is 15.9 Å². The van der Waals surface area contributed by atoms with Gasteiger partial charge in [0.25, 0.3) is 11.8 Å². The third-order valence-corrected chi connectivity index (χ3v) is 9.30. The van der Waals surface area contributed by atoms with E-state index in [2.05, 4.69) is 42.6 Å². The van der Waals surface area contributed by atoms with Gasteiger partial charge in [0.15, 0.2) is 5.69 Å². The molecule has 2 aromatic carbocycles. The van der Waals surface area contributed by atoms with E-state index in [4.69, 9.17) is 10.7 Å². The van der Waals surface area contributed by atoms with E-state index in [1.54, 1.807) is 23.0 Å². The first-order chi connectivity index (χ1) is 20.7. The first kappa shape index (κ1) is 28.8. The highest BCUT2D eigenvalue weighted by Gasteiger charge is 2.30. The van der Waals surface area contributed by atoms with Crippen LogP contribution in [-0.4, -0.2) is 33.1 Å². The molecule has 8 nitrogen and oxygen atoms in total. The van der Waals surface area contributed by atoms with E-state index in [9.17, 15) is 9.59 Å². The summed E-state index contributed by atoms with van der Waals surface area (Å²) >= 11 is 1.41. The number of nitrogens with zero attached hydrogens (tertiary/aromatic N) is 3. The van der Waals surface area contributed by atoms with Crippen LogP contribution in [0.4, 0.5) is 5.69 Å². The van der Waals surface area contributed by atoms with Crippen LogP contribution < -0.4 is 16.4 Å². The zero-order chi connectivity index (χ0) is 30.1. The second kappa shape index (κ2) is 11.7. The highest BCUT2D eigenvalue weighted by molar-refractivity contribution is 7.20. The first-order valence-corrected chi connectivity index (χ1v) is 15.5. The molecule has 3 aromatic heterocycles. The zero-order valence-electron chi connectivity index (χ0n) is 24.6. The molecule has 0 unspecified atom stereocenters. The van der Waals surface area contributed by atoms with Crippen LogP contribution in [0.3, 0.4) is 0 Å². The largest absolute Gasteiger partial charge is 0.343 e. The number of nitrogens with one attached hydrogen (secondary N) is 2. The van der Waals surface area contributed by atoms with Crippen LogP contribution in [0.1, 0.15) is 70.2 Å². The van der Waals surface area contributed by atoms with Crippen molar-refractivity contribution in [3.8, 4) is 5.69 Å². The van der Waals surface area contributed by atoms with Crippen LogP contribution in [0, 0.1) is 11.3 Å². The average molecular weight is 593 g/mol. The fraction of sp³-hybridized carbons (Fsp3) is 0.294. The quantitative estimate of drug-likeness (QED) is 0.205. The molecule has 3 heterocycles. The monoisotopic (exact) mass is 592 g/mol. The molecule has 5 aromatic rings. The number of pyridine rings is 1. The van der Waals surface area contributed by atoms with Crippen molar-refractivity contribution in [2.45, 2.75) is 46.1 Å². The number of carbonyl (C=O) groups excluding carboxylic acids is 2. The van der Waals surface area contributed by atoms with Crippen molar-refractivity contribution < 1.29 is 9.59 Å². The third-order valence-electron chi connectivity index (χ3n) is 8.25. The fourth-order valence-corrected chi connectivity index (χ4v) is 6.62. The van der Waals surface area contributed by atoms with Crippen molar-refractivity contribution >= 4 is 39.1 Å². The maximum Gasteiger partial charge on any atom is 0.276 e. The van der Waals surface area contributed by atoms with E-state index < -0.39 is 6.04 Å². The SMILES string of the molecule is CC(C)(C)[C@@H]1CCc2nc3sc(C(=O)N[C@H](CN)c4cccc(NC(=O)c5ccn(-c6ccccc6)n5)c4)cc3cc2C1. The molecule has 43 heavy (non-hydrogen) atoms. The van der Waals surface area contributed by atoms with Crippen LogP contribution in [0.15, 0.2) is 79.0 Å². The van der Waals surface area contributed by atoms with Crippen molar-refractivity contribution in [2.24, 2.45) is 17.1 Å². The van der Waals surface area contributed by atoms with Gasteiger partial charge in [0.1, 0.15) is 4.83 Å². The normalized spacial score (nSPS) is 15.6. The van der Waals surface area contributed by atoms with Crippen LogP contribution in [0.2, 0.25) is 0 Å². The summed E-state index contributed by atoms with van der Waals surface area (Å²) in [7, 11) is 0. The average Bonchev–Trinajstić information content (AvgIpc) is 3.66. The number of hydrogen-bond donors (Lipinski definition) is 3. The number of thiophene rings is 1. The van der Waals surface area contributed by atoms with Crippen molar-refractivity contribution in [2.75, 3.05) is 11.9 Å². The summed E-state index contributed by atoms with van der Waals surface area (Å²) in [5.41, 5.74) is 11.4. The van der Waals surface area contributed by atoms with E-state index >= 15 is 0 Å². The third kappa shape index (κ3) is 6.23. The molecule has 220 valence electrons. The van der Waals surface area contributed by atoms with Gasteiger partial charge in [-0.15, -0.1) is 11.3 Å². The fourth-order valence-electron chi connectivity index (χ4n) is 5.68. The zero-order valence-corrected chi connectivity index (χ0v) is 25.4. The van der Waals surface area contributed by atoms with Gasteiger partial charge in [0.2, 0.25) is 0 Å². The summed E-state index contributed by atoms with van der Waals surface area (Å²) in [6.07, 6.45) is 4.89. The number of aromatic nitrogens is 3. The lowest BCUT2D eigenvalue weighted by molar-refractivity contribution is 0.0941. The molecule has 2 amide bonds. The molecule has 1 aliphatic carbocycles. The van der Waals surface area contributed by atoms with Crippen molar-refractivity contribution in [1.82, 2.24) is 20.1 Å². The standard InChI is InChI=1S/C34H36N6O2S/c1-34(2,3)24-12-13-27-22(17-24)16-23-19-30(43-33(23)38-27)32(42)37-29(20-35)21-8-7-9-25(18-21)36-31(41)28-14-15-40(39-28)26-10-5-4-6-11-26/h4-11,14-16,18-19,24,29H,12-13,17,20,35H2,1-3H3,(H,36,41)(H,37,42)/t24-,29-/m1/s1. The number of amides is 2. The number of fused-ring (bicyclic) bond motifs is 2. The second-order valence-electron chi connectivity index (χ2n) is 12.2. The molecule has 0 radical (unpaired) electrons. The van der Waals surface area contributed by atoms with E-state index in [0.29, 0.717) is 22.2 Å². The summed E-state index contributed by atoms with van der Waals surface area (Å²) in [4.78, 5) is 32.7. The molecule has 9 heteroatoms. The number of carbonyl (C=O) groups is 2. The molecule has 2 atom stereocenters. The maximum atomic E-state index is 13.4. The minimum atomic E-state index is -0.430. The van der Waals surface area contributed by atoms with E-state index in [0.717, 1.165) is 46.4 Å². The second-order valence-corrected chi connectivity index (χ2v) is 13.3. The Balaban J connectivity index is 1.14. The van der Waals surface area contributed by atoms with Gasteiger partial charge in [-0.2, -0.15) is 5.10 Å². The number of anilines is 1. The molecule has 0 saturated carbocycles. The number of nitrogens with two attached hydrogens (primary N) is 1. The smallest absolute Gasteiger partial charge is 0.276 e. The Labute approximate surface area is 255 Å². The Morgan fingerprint density at radius 3 is 2.63 bits per heavy atom. The predicted octanol–water partition coefficient (Wildman–Crippen LogP) is 6.32. The molecule has 0 saturated heterocycles. The van der Waals surface area contributed by atoms with Crippen LogP contribution in [0.5, 0.6) is 0 Å². The molecule has 0 bridgehead atoms. The number of para-hydroxylation sites is 1. The predicted molar refractivity (Wildman–Crippen MR) is 172 cm³/mol. The molecule has 6 rings (SSSR count). The number of rotatable bonds is 7. The van der Waals surface area contributed by atoms with Crippen molar-refractivity contribution in [3.63, 3.8) is 0 Å². The van der Waals surface area contributed by atoms with E-state index in [1.165, 1.54) is 16.9 Å². The van der Waals surface area contributed by atoms with Crippen LogP contribution in [-0.2, 0) is 12.8 Å². The number of aryl methyl sites for hydroxylation is 1. The Kier molecular flexibility index (Phi) is 7.85. The van der Waals surface area contributed by atoms with Gasteiger partial charge in [-0.05, 0) is 84.2 Å². The molecule has 0 fully saturated rings. The first-order valence-electron chi connectivity index (χ1n) is 14.6. The highest BCUT2D eigenvalue weighted by atomic mass is 32.1. The Morgan fingerprint density at radius 2 is 1.86 bits per heavy atom. The van der Waals surface area contributed by atoms with Gasteiger partial charge < -0.3 is 16.4 Å². The van der Waals surface area contributed by atoms with Crippen molar-refractivity contribution in [3.05, 3.63) is 106 Å². The molecular weight excluding hydrogens is 556 g/mol. The summed E-state index contributed by atoms with van der Waals surface area (Å²) in [5, 5.41) is 11.4. The lowest BCUT2D eigenvalue weighted by atomic mass is 9.71. The molecular formula is C34H36N6O2S. The number of benzene rings is 2. The van der Waals surface area contributed by atoms with Gasteiger partial charge in [0.05, 0.1) is 16.6 Å². The van der Waals surface area contributed by atoms with Crippen molar-refractivity contribution in [1.29, 1.82) is 0 Å². The highest BCUT2D eigenvalue weighted by Crippen LogP contribution is 2.38. The molecule has 0 aliphatic heterocycles. The summed E-state index contributed by atoms with van der Waals surface area (Å²) in [6.45, 7) is 7.12. The lowest BCUT2D eigenvalue weighted by Crippen LogP contribution is -2.33. The number of hydrogen-bond acceptors (Lipinski definition) is 6. The van der Waals surface area contributed by atoms with Crippen LogP contribution >= 0.6 is 11.3 Å². The van der Waals surface area contributed by atoms with Gasteiger partial charge in [0, 0.05) is 29.5 Å². The van der Waals surface area contributed by atoms with Gasteiger partial charge in [-0.3, -0.25) is 9.59 Å². The van der Waals surface area contributed by atoms with E-state index in [1.807, 2.05) is 54.6 Å². The van der Waals surface area contributed by atoms with E-state index in [-0.39, 0.29) is 23.8 Å². The Hall–Kier alpha value is -4.34. The van der Waals surface area contributed by atoms with Gasteiger partial charge in [-0.25, -0.2) is 9.67 Å². The molecule has 0 spiro atoms. The molecule has 4 N–H and O–H groups in total. The summed E-state index contributed by atoms with van der Waals surface area (Å²) in [6, 6.07) is 22.4. The minimum absolute atomic E-state index is 0.190. The summed E-state index contributed by atoms with van der Waals surface area (Å²) < 4.78 is 1.66. The Morgan fingerprint density at radius 1 is 1.05 bits per heavy atom. The maximum absolute atomic E-state index is 13.4. The lowest BCUT2D eigenvalue weighted by Gasteiger charge is -2.34. The minimum Gasteiger partial charge on any atom is -0.343 e. The topological polar surface area (TPSA) is 115 Å². The van der Waals surface area contributed by atoms with Gasteiger partial charge >= 0.3 is 0 Å². The van der Waals surface area contributed by atoms with Gasteiger partial charge in [-0.1, -0.05) is 51.1 Å². The summed E-state index contributed by atoms with van der Waals surface area (Å²) in [5.74, 6) is 0.109. The Bertz CT molecular complexity index is 1790. The molecule has 1 aliphatic rings.